The van der Waals surface area contributed by atoms with Crippen LogP contribution in [0.15, 0.2) is 11.6 Å². The summed E-state index contributed by atoms with van der Waals surface area (Å²) in [4.78, 5) is 27.9. The molecule has 0 bridgehead atoms. The van der Waals surface area contributed by atoms with Crippen LogP contribution in [0.1, 0.15) is 113 Å². The Morgan fingerprint density at radius 1 is 0.566 bits per heavy atom. The molecule has 0 aromatic rings. The lowest BCUT2D eigenvalue weighted by molar-refractivity contribution is -0.378. The zero-order chi connectivity index (χ0) is 55.6. The van der Waals surface area contributed by atoms with Crippen molar-refractivity contribution in [3.05, 3.63) is 11.6 Å². The van der Waals surface area contributed by atoms with Crippen molar-refractivity contribution in [2.75, 3.05) is 19.8 Å². The maximum Gasteiger partial charge on any atom is 0.335 e. The molecule has 27 unspecified atom stereocenters. The first kappa shape index (κ1) is 58.6. The van der Waals surface area contributed by atoms with Crippen LogP contribution in [0.5, 0.6) is 0 Å². The lowest BCUT2D eigenvalue weighted by Crippen LogP contribution is -2.68. The van der Waals surface area contributed by atoms with Gasteiger partial charge >= 0.3 is 11.9 Å². The van der Waals surface area contributed by atoms with Crippen LogP contribution in [0.4, 0.5) is 0 Å². The normalized spacial score (nSPS) is 52.8. The number of rotatable bonds is 12. The van der Waals surface area contributed by atoms with Gasteiger partial charge in [-0.15, -0.1) is 0 Å². The zero-order valence-electron chi connectivity index (χ0n) is 44.4. The molecule has 0 aromatic heterocycles. The molecule has 9 aliphatic rings. The molecule has 4 heterocycles. The fourth-order valence-electron chi connectivity index (χ4n) is 16.3. The molecule has 23 heteroatoms. The number of carbonyl (C=O) groups excluding carboxylic acids is 1. The Hall–Kier alpha value is -2.08. The van der Waals surface area contributed by atoms with E-state index >= 15 is 0 Å². The van der Waals surface area contributed by atoms with E-state index in [1.165, 1.54) is 5.57 Å². The third kappa shape index (κ3) is 9.33. The van der Waals surface area contributed by atoms with Gasteiger partial charge in [-0.25, -0.2) is 4.79 Å². The van der Waals surface area contributed by atoms with Crippen LogP contribution in [-0.2, 0) is 47.5 Å². The van der Waals surface area contributed by atoms with Crippen LogP contribution in [0.2, 0.25) is 0 Å². The predicted molar refractivity (Wildman–Crippen MR) is 257 cm³/mol. The molecule has 27 atom stereocenters. The highest BCUT2D eigenvalue weighted by Crippen LogP contribution is 2.76. The Morgan fingerprint density at radius 3 is 1.66 bits per heavy atom. The first-order valence-electron chi connectivity index (χ1n) is 27.2. The summed E-state index contributed by atoms with van der Waals surface area (Å²) in [5.74, 6) is -2.16. The van der Waals surface area contributed by atoms with Crippen LogP contribution in [0, 0.1) is 50.2 Å². The van der Waals surface area contributed by atoms with Gasteiger partial charge in [0.2, 0.25) is 6.29 Å². The number of hydrogen-bond donors (Lipinski definition) is 13. The molecule has 4 aliphatic heterocycles. The van der Waals surface area contributed by atoms with E-state index in [0.717, 1.165) is 25.7 Å². The third-order valence-electron chi connectivity index (χ3n) is 21.0. The number of fused-ring (bicyclic) bond motifs is 7. The van der Waals surface area contributed by atoms with Gasteiger partial charge in [-0.2, -0.15) is 0 Å². The topological polar surface area (TPSA) is 371 Å². The number of hydrogen-bond acceptors (Lipinski definition) is 22. The number of aliphatic carboxylic acids is 1. The van der Waals surface area contributed by atoms with E-state index in [4.69, 9.17) is 37.9 Å². The second-order valence-electron chi connectivity index (χ2n) is 25.8. The number of aliphatic hydroxyl groups excluding tert-OH is 12. The molecule has 8 fully saturated rings. The van der Waals surface area contributed by atoms with E-state index in [1.54, 1.807) is 0 Å². The molecule has 13 N–H and O–H groups in total. The highest BCUT2D eigenvalue weighted by atomic mass is 16.8. The highest BCUT2D eigenvalue weighted by molar-refractivity contribution is 5.79. The molecule has 0 aromatic carbocycles. The van der Waals surface area contributed by atoms with Crippen LogP contribution >= 0.6 is 0 Å². The standard InChI is InChI=1S/C53H84O23/c1-48(2)14-16-53(47(68)76-45-37(64)34(61)31(58)25(20-55)71-45)17-15-51(6)22(23(53)18-48)8-9-28-50(5)12-11-29(49(3,4)27(50)10-13-52(28,51)7)72-46-38(65)39(73-44-36(63)33(60)30(57)24(19-54)69-44)40(41(75-46)42(66)67)74-43-35(62)32(59)26(21-56)70-43/h8,23-41,43-46,54-65H,9-21H2,1-7H3,(H,66,67). The van der Waals surface area contributed by atoms with E-state index in [2.05, 4.69) is 54.5 Å². The molecule has 5 aliphatic carbocycles. The van der Waals surface area contributed by atoms with E-state index in [9.17, 15) is 76.0 Å². The van der Waals surface area contributed by atoms with Gasteiger partial charge in [0.25, 0.3) is 0 Å². The molecule has 23 nitrogen and oxygen atoms in total. The number of esters is 1. The van der Waals surface area contributed by atoms with Gasteiger partial charge < -0.3 is 104 Å². The minimum Gasteiger partial charge on any atom is -0.479 e. The number of carboxylic acid groups (broad SMARTS) is 1. The smallest absolute Gasteiger partial charge is 0.335 e. The fourth-order valence-corrected chi connectivity index (χ4v) is 16.3. The molecule has 0 radical (unpaired) electrons. The van der Waals surface area contributed by atoms with Crippen molar-refractivity contribution in [1.82, 2.24) is 0 Å². The molecule has 9 rings (SSSR count). The van der Waals surface area contributed by atoms with E-state index < -0.39 is 165 Å². The minimum atomic E-state index is -2.03. The largest absolute Gasteiger partial charge is 0.479 e. The maximum atomic E-state index is 14.8. The Labute approximate surface area is 442 Å². The van der Waals surface area contributed by atoms with Crippen LogP contribution in [0.3, 0.4) is 0 Å². The molecular formula is C53H84O23. The van der Waals surface area contributed by atoms with Crippen molar-refractivity contribution < 1.29 is 114 Å². The van der Waals surface area contributed by atoms with Crippen molar-refractivity contribution >= 4 is 11.9 Å². The predicted octanol–water partition coefficient (Wildman–Crippen LogP) is -1.30. The van der Waals surface area contributed by atoms with Gasteiger partial charge in [-0.1, -0.05) is 60.1 Å². The van der Waals surface area contributed by atoms with Crippen molar-refractivity contribution in [3.63, 3.8) is 0 Å². The summed E-state index contributed by atoms with van der Waals surface area (Å²) < 4.78 is 47.6. The van der Waals surface area contributed by atoms with Crippen molar-refractivity contribution in [1.29, 1.82) is 0 Å². The Bertz CT molecular complexity index is 2140. The summed E-state index contributed by atoms with van der Waals surface area (Å²) in [6, 6.07) is 0. The van der Waals surface area contributed by atoms with E-state index in [1.807, 2.05) is 0 Å². The third-order valence-corrected chi connectivity index (χ3v) is 21.0. The number of aliphatic hydroxyl groups is 12. The van der Waals surface area contributed by atoms with Gasteiger partial charge in [-0.05, 0) is 109 Å². The lowest BCUT2D eigenvalue weighted by atomic mass is 9.33. The Kier molecular flexibility index (Phi) is 16.2. The van der Waals surface area contributed by atoms with Crippen LogP contribution < -0.4 is 0 Å². The second-order valence-corrected chi connectivity index (χ2v) is 25.8. The summed E-state index contributed by atoms with van der Waals surface area (Å²) in [6.07, 6.45) is -24.5. The second kappa shape index (κ2) is 21.0. The number of ether oxygens (including phenoxy) is 8. The summed E-state index contributed by atoms with van der Waals surface area (Å²) in [6.45, 7) is 13.5. The molecular weight excluding hydrogens is 1000 g/mol. The maximum absolute atomic E-state index is 14.8. The average Bonchev–Trinajstić information content (AvgIpc) is 3.66. The summed E-state index contributed by atoms with van der Waals surface area (Å²) in [7, 11) is 0. The number of allylic oxidation sites excluding steroid dienone is 2. The zero-order valence-corrected chi connectivity index (χ0v) is 44.4. The van der Waals surface area contributed by atoms with Crippen LogP contribution in [0.25, 0.3) is 0 Å². The van der Waals surface area contributed by atoms with Gasteiger partial charge in [0, 0.05) is 0 Å². The molecule has 434 valence electrons. The number of carbonyl (C=O) groups is 2. The Balaban J connectivity index is 0.970. The van der Waals surface area contributed by atoms with Gasteiger partial charge in [0.05, 0.1) is 31.3 Å². The van der Waals surface area contributed by atoms with Gasteiger partial charge in [0.1, 0.15) is 85.5 Å². The first-order chi connectivity index (χ1) is 35.5. The van der Waals surface area contributed by atoms with E-state index in [0.29, 0.717) is 38.5 Å². The summed E-state index contributed by atoms with van der Waals surface area (Å²) in [5, 5.41) is 138. The highest BCUT2D eigenvalue weighted by Gasteiger charge is 2.70. The van der Waals surface area contributed by atoms with Gasteiger partial charge in [0.15, 0.2) is 25.0 Å². The van der Waals surface area contributed by atoms with Crippen molar-refractivity contribution in [2.45, 2.75) is 235 Å². The van der Waals surface area contributed by atoms with E-state index in [-0.39, 0.29) is 39.4 Å². The molecule has 0 amide bonds. The fraction of sp³-hybridized carbons (Fsp3) is 0.925. The SMILES string of the molecule is CC1(C)CCC2(C(=O)OC3OC(CO)C(O)C(O)C3O)CCC3(C)C(=CCC4C5(C)CCC(OC6OC(C(=O)O)C(OC7OC(CO)C(O)C7O)C(OC7OC(CO)C(O)C(O)C7O)C6O)C(C)(C)C5CCC43C)C2C1. The van der Waals surface area contributed by atoms with Crippen molar-refractivity contribution in [3.8, 4) is 0 Å². The first-order valence-corrected chi connectivity index (χ1v) is 27.2. The molecule has 76 heavy (non-hydrogen) atoms. The van der Waals surface area contributed by atoms with Gasteiger partial charge in [-0.3, -0.25) is 4.79 Å². The molecule has 0 spiro atoms. The summed E-state index contributed by atoms with van der Waals surface area (Å²) in [5.41, 5.74) is -1.33. The minimum absolute atomic E-state index is 0.0281. The molecule has 4 saturated carbocycles. The lowest BCUT2D eigenvalue weighted by Gasteiger charge is -2.71. The van der Waals surface area contributed by atoms with Crippen LogP contribution in [-0.4, -0.2) is 221 Å². The average molecular weight is 1090 g/mol. The van der Waals surface area contributed by atoms with Crippen molar-refractivity contribution in [2.24, 2.45) is 50.2 Å². The number of carboxylic acids is 1. The Morgan fingerprint density at radius 2 is 1.08 bits per heavy atom. The summed E-state index contributed by atoms with van der Waals surface area (Å²) >= 11 is 0. The monoisotopic (exact) mass is 1090 g/mol. The molecule has 4 saturated heterocycles. The quantitative estimate of drug-likeness (QED) is 0.0613.